The lowest BCUT2D eigenvalue weighted by Gasteiger charge is -2.17. The number of esters is 1. The number of amides is 1. The van der Waals surface area contributed by atoms with Crippen molar-refractivity contribution in [1.82, 2.24) is 4.90 Å². The molecule has 0 saturated heterocycles. The summed E-state index contributed by atoms with van der Waals surface area (Å²) in [5.41, 5.74) is 3.03. The van der Waals surface area contributed by atoms with E-state index in [2.05, 4.69) is 0 Å². The number of ether oxygens (including phenoxy) is 2. The van der Waals surface area contributed by atoms with Crippen LogP contribution in [0.2, 0.25) is 5.02 Å². The number of rotatable bonds is 7. The van der Waals surface area contributed by atoms with Crippen molar-refractivity contribution in [3.8, 4) is 5.75 Å². The van der Waals surface area contributed by atoms with Gasteiger partial charge in [0.05, 0.1) is 0 Å². The number of nitrogens with zero attached hydrogens (tertiary/aromatic N) is 1. The Bertz CT molecular complexity index is 774. The lowest BCUT2D eigenvalue weighted by Crippen LogP contribution is -2.31. The molecule has 0 aliphatic carbocycles. The summed E-state index contributed by atoms with van der Waals surface area (Å²) in [7, 11) is 1.67. The molecule has 2 rings (SSSR count). The summed E-state index contributed by atoms with van der Waals surface area (Å²) in [5.74, 6) is -0.359. The SMILES string of the molecule is Cc1ccc(CN(C)C(=O)COC(=O)COc2ccc(Cl)c(C)c2)cc1. The van der Waals surface area contributed by atoms with Crippen LogP contribution in [0.4, 0.5) is 0 Å². The third-order valence-electron chi connectivity index (χ3n) is 3.81. The molecule has 26 heavy (non-hydrogen) atoms. The van der Waals surface area contributed by atoms with Crippen molar-refractivity contribution in [2.45, 2.75) is 20.4 Å². The first-order valence-corrected chi connectivity index (χ1v) is 8.57. The normalized spacial score (nSPS) is 10.3. The average Bonchev–Trinajstić information content (AvgIpc) is 2.62. The van der Waals surface area contributed by atoms with Crippen LogP contribution in [0.15, 0.2) is 42.5 Å². The third-order valence-corrected chi connectivity index (χ3v) is 4.23. The van der Waals surface area contributed by atoms with Crippen LogP contribution in [0.3, 0.4) is 0 Å². The van der Waals surface area contributed by atoms with E-state index >= 15 is 0 Å². The monoisotopic (exact) mass is 375 g/mol. The minimum absolute atomic E-state index is 0.268. The zero-order chi connectivity index (χ0) is 19.1. The fraction of sp³-hybridized carbons (Fsp3) is 0.300. The molecule has 1 amide bonds. The van der Waals surface area contributed by atoms with E-state index in [-0.39, 0.29) is 19.1 Å². The summed E-state index contributed by atoms with van der Waals surface area (Å²) in [6, 6.07) is 13.0. The molecule has 0 radical (unpaired) electrons. The fourth-order valence-corrected chi connectivity index (χ4v) is 2.32. The lowest BCUT2D eigenvalue weighted by molar-refractivity contribution is -0.153. The van der Waals surface area contributed by atoms with Crippen molar-refractivity contribution >= 4 is 23.5 Å². The molecule has 5 nitrogen and oxygen atoms in total. The van der Waals surface area contributed by atoms with Gasteiger partial charge in [-0.15, -0.1) is 0 Å². The summed E-state index contributed by atoms with van der Waals surface area (Å²) in [5, 5.41) is 0.627. The molecule has 6 heteroatoms. The highest BCUT2D eigenvalue weighted by atomic mass is 35.5. The highest BCUT2D eigenvalue weighted by molar-refractivity contribution is 6.31. The quantitative estimate of drug-likeness (QED) is 0.694. The second-order valence-corrected chi connectivity index (χ2v) is 6.50. The van der Waals surface area contributed by atoms with Gasteiger partial charge >= 0.3 is 5.97 Å². The minimum atomic E-state index is -0.602. The van der Waals surface area contributed by atoms with Crippen LogP contribution in [0.1, 0.15) is 16.7 Å². The van der Waals surface area contributed by atoms with E-state index in [9.17, 15) is 9.59 Å². The van der Waals surface area contributed by atoms with Gasteiger partial charge in [-0.1, -0.05) is 41.4 Å². The molecule has 2 aromatic rings. The Balaban J connectivity index is 1.74. The maximum atomic E-state index is 12.1. The molecule has 0 aliphatic heterocycles. The standard InChI is InChI=1S/C20H22ClNO4/c1-14-4-6-16(7-5-14)11-22(3)19(23)12-26-20(24)13-25-17-8-9-18(21)15(2)10-17/h4-10H,11-13H2,1-3H3. The summed E-state index contributed by atoms with van der Waals surface area (Å²) < 4.78 is 10.3. The first-order chi connectivity index (χ1) is 12.3. The van der Waals surface area contributed by atoms with Crippen molar-refractivity contribution < 1.29 is 19.1 Å². The number of carbonyl (C=O) groups excluding carboxylic acids is 2. The number of hydrogen-bond donors (Lipinski definition) is 0. The van der Waals surface area contributed by atoms with Gasteiger partial charge in [-0.05, 0) is 43.2 Å². The van der Waals surface area contributed by atoms with E-state index in [4.69, 9.17) is 21.1 Å². The topological polar surface area (TPSA) is 55.8 Å². The lowest BCUT2D eigenvalue weighted by atomic mass is 10.1. The maximum absolute atomic E-state index is 12.1. The van der Waals surface area contributed by atoms with Crippen LogP contribution < -0.4 is 4.74 Å². The molecular weight excluding hydrogens is 354 g/mol. The zero-order valence-corrected chi connectivity index (χ0v) is 15.9. The van der Waals surface area contributed by atoms with E-state index in [0.29, 0.717) is 17.3 Å². The van der Waals surface area contributed by atoms with E-state index in [1.165, 1.54) is 4.90 Å². The fourth-order valence-electron chi connectivity index (χ4n) is 2.20. The molecule has 0 heterocycles. The first kappa shape index (κ1) is 19.8. The maximum Gasteiger partial charge on any atom is 0.344 e. The highest BCUT2D eigenvalue weighted by Gasteiger charge is 2.13. The number of hydrogen-bond acceptors (Lipinski definition) is 4. The number of halogens is 1. The summed E-state index contributed by atoms with van der Waals surface area (Å²) in [6.45, 7) is 3.72. The van der Waals surface area contributed by atoms with Crippen LogP contribution in [0.25, 0.3) is 0 Å². The van der Waals surface area contributed by atoms with Gasteiger partial charge in [0.25, 0.3) is 5.91 Å². The van der Waals surface area contributed by atoms with Gasteiger partial charge in [-0.3, -0.25) is 4.79 Å². The molecule has 0 spiro atoms. The van der Waals surface area contributed by atoms with Crippen molar-refractivity contribution in [2.24, 2.45) is 0 Å². The van der Waals surface area contributed by atoms with Crippen molar-refractivity contribution in [1.29, 1.82) is 0 Å². The molecule has 2 aromatic carbocycles. The Morgan fingerprint density at radius 3 is 2.38 bits per heavy atom. The second-order valence-electron chi connectivity index (χ2n) is 6.10. The van der Waals surface area contributed by atoms with Gasteiger partial charge < -0.3 is 14.4 Å². The Hall–Kier alpha value is -2.53. The third kappa shape index (κ3) is 6.08. The molecular formula is C20H22ClNO4. The number of likely N-dealkylation sites (N-methyl/N-ethyl adjacent to an activating group) is 1. The largest absolute Gasteiger partial charge is 0.482 e. The Labute approximate surface area is 158 Å². The molecule has 0 aromatic heterocycles. The van der Waals surface area contributed by atoms with Gasteiger partial charge in [0, 0.05) is 18.6 Å². The van der Waals surface area contributed by atoms with Gasteiger partial charge in [0.15, 0.2) is 13.2 Å². The molecule has 0 N–H and O–H groups in total. The first-order valence-electron chi connectivity index (χ1n) is 8.19. The van der Waals surface area contributed by atoms with Gasteiger partial charge in [0.2, 0.25) is 0 Å². The number of aryl methyl sites for hydroxylation is 2. The van der Waals surface area contributed by atoms with E-state index in [0.717, 1.165) is 16.7 Å². The molecule has 138 valence electrons. The van der Waals surface area contributed by atoms with Crippen LogP contribution in [0.5, 0.6) is 5.75 Å². The van der Waals surface area contributed by atoms with Crippen molar-refractivity contribution in [3.05, 3.63) is 64.2 Å². The summed E-state index contributed by atoms with van der Waals surface area (Å²) in [4.78, 5) is 25.3. The van der Waals surface area contributed by atoms with Crippen LogP contribution >= 0.6 is 11.6 Å². The van der Waals surface area contributed by atoms with Crippen LogP contribution in [0, 0.1) is 13.8 Å². The van der Waals surface area contributed by atoms with Crippen LogP contribution in [-0.4, -0.2) is 37.0 Å². The van der Waals surface area contributed by atoms with Gasteiger partial charge in [-0.2, -0.15) is 0 Å². The molecule has 0 atom stereocenters. The van der Waals surface area contributed by atoms with E-state index in [1.54, 1.807) is 25.2 Å². The summed E-state index contributed by atoms with van der Waals surface area (Å²) >= 11 is 5.93. The average molecular weight is 376 g/mol. The zero-order valence-electron chi connectivity index (χ0n) is 15.1. The van der Waals surface area contributed by atoms with E-state index < -0.39 is 5.97 Å². The van der Waals surface area contributed by atoms with Crippen LogP contribution in [-0.2, 0) is 20.9 Å². The van der Waals surface area contributed by atoms with Gasteiger partial charge in [0.1, 0.15) is 5.75 Å². The summed E-state index contributed by atoms with van der Waals surface area (Å²) in [6.07, 6.45) is 0. The van der Waals surface area contributed by atoms with Gasteiger partial charge in [-0.25, -0.2) is 4.79 Å². The molecule has 0 saturated carbocycles. The molecule has 0 unspecified atom stereocenters. The Kier molecular flexibility index (Phi) is 7.04. The second kappa shape index (κ2) is 9.25. The molecule has 0 aliphatic rings. The molecule has 0 fully saturated rings. The number of benzene rings is 2. The minimum Gasteiger partial charge on any atom is -0.482 e. The smallest absolute Gasteiger partial charge is 0.344 e. The van der Waals surface area contributed by atoms with E-state index in [1.807, 2.05) is 38.1 Å². The van der Waals surface area contributed by atoms with Crippen molar-refractivity contribution in [3.63, 3.8) is 0 Å². The molecule has 0 bridgehead atoms. The predicted molar refractivity (Wildman–Crippen MR) is 100 cm³/mol. The van der Waals surface area contributed by atoms with Crippen molar-refractivity contribution in [2.75, 3.05) is 20.3 Å². The Morgan fingerprint density at radius 1 is 1.04 bits per heavy atom. The predicted octanol–water partition coefficient (Wildman–Crippen LogP) is 3.54. The number of carbonyl (C=O) groups is 2. The highest BCUT2D eigenvalue weighted by Crippen LogP contribution is 2.20. The Morgan fingerprint density at radius 2 is 1.73 bits per heavy atom.